The third-order valence-corrected chi connectivity index (χ3v) is 8.17. The molecule has 10 heteroatoms. The first kappa shape index (κ1) is 20.0. The van der Waals surface area contributed by atoms with E-state index < -0.39 is 9.84 Å². The fourth-order valence-electron chi connectivity index (χ4n) is 4.01. The molecule has 0 aliphatic carbocycles. The van der Waals surface area contributed by atoms with E-state index in [1.165, 1.54) is 22.2 Å². The summed E-state index contributed by atoms with van der Waals surface area (Å²) in [7, 11) is -3.10. The van der Waals surface area contributed by atoms with Crippen molar-refractivity contribution in [1.82, 2.24) is 19.4 Å². The summed E-state index contributed by atoms with van der Waals surface area (Å²) in [5.74, 6) is -0.189. The Morgan fingerprint density at radius 2 is 2.14 bits per heavy atom. The second-order valence-corrected chi connectivity index (χ2v) is 10.7. The van der Waals surface area contributed by atoms with E-state index in [1.807, 2.05) is 26.8 Å². The highest BCUT2D eigenvalue weighted by Crippen LogP contribution is 2.31. The monoisotopic (exact) mass is 434 g/mol. The van der Waals surface area contributed by atoms with Crippen LogP contribution >= 0.6 is 11.3 Å². The molecule has 1 atom stereocenters. The molecular weight excluding hydrogens is 412 g/mol. The summed E-state index contributed by atoms with van der Waals surface area (Å²) < 4.78 is 25.3. The molecule has 4 rings (SSSR count). The van der Waals surface area contributed by atoms with E-state index in [-0.39, 0.29) is 35.6 Å². The number of hydrogen-bond acceptors (Lipinski definition) is 7. The molecule has 154 valence electrons. The fourth-order valence-corrected chi connectivity index (χ4v) is 6.94. The predicted octanol–water partition coefficient (Wildman–Crippen LogP) is 1.66. The lowest BCUT2D eigenvalue weighted by Crippen LogP contribution is -2.43. The number of aryl methyl sites for hydroxylation is 2. The largest absolute Gasteiger partial charge is 0.337 e. The normalized spacial score (nSPS) is 18.5. The second kappa shape index (κ2) is 7.17. The van der Waals surface area contributed by atoms with Crippen LogP contribution in [-0.4, -0.2) is 57.9 Å². The summed E-state index contributed by atoms with van der Waals surface area (Å²) in [5.41, 5.74) is 2.22. The summed E-state index contributed by atoms with van der Waals surface area (Å²) in [4.78, 5) is 37.1. The molecule has 0 aromatic carbocycles. The maximum Gasteiger partial charge on any atom is 0.271 e. The first-order valence-electron chi connectivity index (χ1n) is 9.46. The van der Waals surface area contributed by atoms with Crippen LogP contribution in [0.2, 0.25) is 0 Å². The molecule has 1 aliphatic heterocycles. The van der Waals surface area contributed by atoms with Crippen LogP contribution in [-0.2, 0) is 21.2 Å². The van der Waals surface area contributed by atoms with Crippen molar-refractivity contribution in [2.45, 2.75) is 39.8 Å². The number of hydrogen-bond donors (Lipinski definition) is 0. The van der Waals surface area contributed by atoms with Gasteiger partial charge in [-0.15, -0.1) is 11.3 Å². The number of amides is 1. The first-order valence-corrected chi connectivity index (χ1v) is 12.1. The number of nitrogens with zero attached hydrogens (tertiary/aromatic N) is 4. The Balaban J connectivity index is 1.68. The van der Waals surface area contributed by atoms with Crippen LogP contribution in [0.25, 0.3) is 20.4 Å². The number of carbonyl (C=O) groups excluding carboxylic acids is 1. The van der Waals surface area contributed by atoms with Crippen LogP contribution < -0.4 is 5.56 Å². The fraction of sp³-hybridized carbons (Fsp3) is 0.474. The van der Waals surface area contributed by atoms with Gasteiger partial charge in [-0.2, -0.15) is 0 Å². The minimum atomic E-state index is -3.10. The molecule has 1 amide bonds. The van der Waals surface area contributed by atoms with E-state index >= 15 is 0 Å². The smallest absolute Gasteiger partial charge is 0.271 e. The highest BCUT2D eigenvalue weighted by atomic mass is 32.2. The van der Waals surface area contributed by atoms with Gasteiger partial charge in [0.2, 0.25) is 5.91 Å². The minimum Gasteiger partial charge on any atom is -0.337 e. The number of rotatable bonds is 4. The Labute approximate surface area is 172 Å². The molecule has 3 aromatic rings. The average molecular weight is 435 g/mol. The van der Waals surface area contributed by atoms with Gasteiger partial charge in [-0.25, -0.2) is 18.4 Å². The van der Waals surface area contributed by atoms with E-state index in [1.54, 1.807) is 4.90 Å². The summed E-state index contributed by atoms with van der Waals surface area (Å²) in [6.07, 6.45) is 1.84. The van der Waals surface area contributed by atoms with Gasteiger partial charge in [0.05, 0.1) is 23.3 Å². The summed E-state index contributed by atoms with van der Waals surface area (Å²) in [6.45, 7) is 5.93. The molecular formula is C19H22N4O4S2. The molecule has 0 N–H and O–H groups in total. The Morgan fingerprint density at radius 3 is 2.79 bits per heavy atom. The number of aromatic nitrogens is 3. The lowest BCUT2D eigenvalue weighted by molar-refractivity contribution is -0.133. The quantitative estimate of drug-likeness (QED) is 0.619. The molecule has 1 aliphatic rings. The number of fused-ring (bicyclic) bond motifs is 3. The molecule has 1 fully saturated rings. The van der Waals surface area contributed by atoms with Gasteiger partial charge in [0.1, 0.15) is 16.1 Å². The molecule has 4 heterocycles. The van der Waals surface area contributed by atoms with Crippen LogP contribution in [0, 0.1) is 13.8 Å². The SMILES string of the molecule is CCN(C(=O)Cn1cnc2c(sc3nc(C)cc(C)c32)c1=O)[C@H]1CCS(=O)(=O)C1. The highest BCUT2D eigenvalue weighted by molar-refractivity contribution is 7.91. The van der Waals surface area contributed by atoms with Crippen molar-refractivity contribution in [3.8, 4) is 0 Å². The van der Waals surface area contributed by atoms with Crippen LogP contribution in [0.1, 0.15) is 24.6 Å². The summed E-state index contributed by atoms with van der Waals surface area (Å²) in [6, 6.07) is 1.63. The van der Waals surface area contributed by atoms with Crippen molar-refractivity contribution >= 4 is 47.5 Å². The van der Waals surface area contributed by atoms with Gasteiger partial charge in [-0.1, -0.05) is 0 Å². The van der Waals surface area contributed by atoms with E-state index in [0.29, 0.717) is 23.2 Å². The minimum absolute atomic E-state index is 0.0145. The molecule has 0 radical (unpaired) electrons. The standard InChI is InChI=1S/C19H22N4O4S2/c1-4-23(13-5-6-29(26,27)9-13)14(24)8-22-10-20-16-15-11(2)7-12(3)21-18(15)28-17(16)19(22)25/h7,10,13H,4-6,8-9H2,1-3H3/t13-/m0/s1. The van der Waals surface area contributed by atoms with E-state index in [2.05, 4.69) is 9.97 Å². The van der Waals surface area contributed by atoms with Crippen LogP contribution in [0.5, 0.6) is 0 Å². The highest BCUT2D eigenvalue weighted by Gasteiger charge is 2.34. The maximum absolute atomic E-state index is 13.0. The Bertz CT molecular complexity index is 1290. The molecule has 0 saturated carbocycles. The third kappa shape index (κ3) is 3.55. The zero-order valence-corrected chi connectivity index (χ0v) is 18.1. The van der Waals surface area contributed by atoms with Crippen LogP contribution in [0.3, 0.4) is 0 Å². The number of likely N-dealkylation sites (N-methyl/N-ethyl adjacent to an activating group) is 1. The Morgan fingerprint density at radius 1 is 1.38 bits per heavy atom. The van der Waals surface area contributed by atoms with Gasteiger partial charge in [-0.05, 0) is 38.8 Å². The van der Waals surface area contributed by atoms with Gasteiger partial charge in [0, 0.05) is 23.7 Å². The summed E-state index contributed by atoms with van der Waals surface area (Å²) >= 11 is 1.29. The number of sulfone groups is 1. The van der Waals surface area contributed by atoms with Crippen molar-refractivity contribution in [2.24, 2.45) is 0 Å². The van der Waals surface area contributed by atoms with Crippen molar-refractivity contribution in [1.29, 1.82) is 0 Å². The van der Waals surface area contributed by atoms with Gasteiger partial charge >= 0.3 is 0 Å². The number of carbonyl (C=O) groups is 1. The first-order chi connectivity index (χ1) is 13.7. The lowest BCUT2D eigenvalue weighted by Gasteiger charge is -2.27. The summed E-state index contributed by atoms with van der Waals surface area (Å²) in [5, 5.41) is 0.873. The van der Waals surface area contributed by atoms with Crippen molar-refractivity contribution in [2.75, 3.05) is 18.1 Å². The van der Waals surface area contributed by atoms with E-state index in [0.717, 1.165) is 21.5 Å². The average Bonchev–Trinajstić information content (AvgIpc) is 3.18. The Kier molecular flexibility index (Phi) is 4.94. The third-order valence-electron chi connectivity index (χ3n) is 5.36. The maximum atomic E-state index is 13.0. The topological polar surface area (TPSA) is 102 Å². The number of pyridine rings is 1. The number of thiophene rings is 1. The van der Waals surface area contributed by atoms with Crippen molar-refractivity contribution < 1.29 is 13.2 Å². The molecule has 0 spiro atoms. The van der Waals surface area contributed by atoms with Crippen molar-refractivity contribution in [3.05, 3.63) is 34.0 Å². The molecule has 29 heavy (non-hydrogen) atoms. The molecule has 3 aromatic heterocycles. The molecule has 8 nitrogen and oxygen atoms in total. The van der Waals surface area contributed by atoms with Crippen LogP contribution in [0.15, 0.2) is 17.2 Å². The van der Waals surface area contributed by atoms with Gasteiger partial charge < -0.3 is 4.90 Å². The van der Waals surface area contributed by atoms with Crippen LogP contribution in [0.4, 0.5) is 0 Å². The predicted molar refractivity (Wildman–Crippen MR) is 113 cm³/mol. The van der Waals surface area contributed by atoms with Gasteiger partial charge in [-0.3, -0.25) is 14.2 Å². The zero-order chi connectivity index (χ0) is 20.9. The lowest BCUT2D eigenvalue weighted by atomic mass is 10.1. The molecule has 0 bridgehead atoms. The second-order valence-electron chi connectivity index (χ2n) is 7.45. The van der Waals surface area contributed by atoms with Gasteiger partial charge in [0.25, 0.3) is 5.56 Å². The van der Waals surface area contributed by atoms with Crippen molar-refractivity contribution in [3.63, 3.8) is 0 Å². The van der Waals surface area contributed by atoms with Gasteiger partial charge in [0.15, 0.2) is 9.84 Å². The molecule has 0 unspecified atom stereocenters. The Hall–Kier alpha value is -2.33. The molecule has 1 saturated heterocycles. The van der Waals surface area contributed by atoms with E-state index in [4.69, 9.17) is 0 Å². The zero-order valence-electron chi connectivity index (χ0n) is 16.5. The van der Waals surface area contributed by atoms with E-state index in [9.17, 15) is 18.0 Å².